The number of rotatable bonds is 5. The normalized spacial score (nSPS) is 10.0. The highest BCUT2D eigenvalue weighted by Gasteiger charge is 2.15. The number of nitrogens with zero attached hydrogens (tertiary/aromatic N) is 1. The SMILES string of the molecule is CCOC(=O)c1csc(C(=O)CNC)n1. The number of hydrogen-bond donors (Lipinski definition) is 1. The van der Waals surface area contributed by atoms with Crippen molar-refractivity contribution in [1.29, 1.82) is 0 Å². The van der Waals surface area contributed by atoms with Crippen molar-refractivity contribution in [3.63, 3.8) is 0 Å². The summed E-state index contributed by atoms with van der Waals surface area (Å²) in [6.45, 7) is 2.24. The molecule has 0 aliphatic rings. The summed E-state index contributed by atoms with van der Waals surface area (Å²) in [4.78, 5) is 26.5. The Kier molecular flexibility index (Phi) is 4.38. The van der Waals surface area contributed by atoms with Crippen molar-refractivity contribution in [2.45, 2.75) is 6.92 Å². The predicted octanol–water partition coefficient (Wildman–Crippen LogP) is 0.722. The van der Waals surface area contributed by atoms with Crippen molar-refractivity contribution < 1.29 is 14.3 Å². The van der Waals surface area contributed by atoms with E-state index in [4.69, 9.17) is 4.74 Å². The van der Waals surface area contributed by atoms with Gasteiger partial charge in [-0.2, -0.15) is 0 Å². The number of hydrogen-bond acceptors (Lipinski definition) is 6. The predicted molar refractivity (Wildman–Crippen MR) is 56.3 cm³/mol. The van der Waals surface area contributed by atoms with Gasteiger partial charge in [-0.25, -0.2) is 9.78 Å². The number of ketones is 1. The Morgan fingerprint density at radius 3 is 2.93 bits per heavy atom. The molecule has 1 aromatic heterocycles. The molecule has 5 nitrogen and oxygen atoms in total. The average molecular weight is 228 g/mol. The molecule has 0 atom stereocenters. The summed E-state index contributed by atoms with van der Waals surface area (Å²) >= 11 is 1.15. The lowest BCUT2D eigenvalue weighted by atomic mass is 10.4. The molecule has 0 fully saturated rings. The van der Waals surface area contributed by atoms with Gasteiger partial charge in [0, 0.05) is 5.38 Å². The molecule has 0 saturated heterocycles. The third kappa shape index (κ3) is 3.10. The van der Waals surface area contributed by atoms with Crippen molar-refractivity contribution in [2.75, 3.05) is 20.2 Å². The summed E-state index contributed by atoms with van der Waals surface area (Å²) in [5.41, 5.74) is 0.196. The average Bonchev–Trinajstić information content (AvgIpc) is 2.67. The molecule has 1 N–H and O–H groups in total. The summed E-state index contributed by atoms with van der Waals surface area (Å²) in [7, 11) is 1.68. The zero-order chi connectivity index (χ0) is 11.3. The summed E-state index contributed by atoms with van der Waals surface area (Å²) in [6, 6.07) is 0. The number of carbonyl (C=O) groups excluding carboxylic acids is 2. The first-order valence-electron chi connectivity index (χ1n) is 4.49. The number of esters is 1. The monoisotopic (exact) mass is 228 g/mol. The first-order chi connectivity index (χ1) is 7.19. The van der Waals surface area contributed by atoms with Crippen molar-refractivity contribution in [3.8, 4) is 0 Å². The highest BCUT2D eigenvalue weighted by Crippen LogP contribution is 2.11. The second-order valence-electron chi connectivity index (χ2n) is 2.71. The molecule has 0 amide bonds. The van der Waals surface area contributed by atoms with Crippen LogP contribution in [0.15, 0.2) is 5.38 Å². The zero-order valence-corrected chi connectivity index (χ0v) is 9.39. The van der Waals surface area contributed by atoms with Gasteiger partial charge in [0.2, 0.25) is 5.78 Å². The maximum Gasteiger partial charge on any atom is 0.357 e. The van der Waals surface area contributed by atoms with E-state index in [-0.39, 0.29) is 18.0 Å². The smallest absolute Gasteiger partial charge is 0.357 e. The Bertz CT molecular complexity index is 329. The minimum absolute atomic E-state index is 0.127. The second kappa shape index (κ2) is 5.57. The quantitative estimate of drug-likeness (QED) is 0.594. The van der Waals surface area contributed by atoms with Crippen LogP contribution in [-0.4, -0.2) is 36.9 Å². The Morgan fingerprint density at radius 1 is 1.60 bits per heavy atom. The minimum atomic E-state index is -0.489. The molecule has 82 valence electrons. The highest BCUT2D eigenvalue weighted by molar-refractivity contribution is 7.12. The van der Waals surface area contributed by atoms with Crippen LogP contribution in [0.2, 0.25) is 0 Å². The number of aromatic nitrogens is 1. The van der Waals surface area contributed by atoms with Crippen LogP contribution in [0.1, 0.15) is 27.2 Å². The van der Waals surface area contributed by atoms with Crippen molar-refractivity contribution in [3.05, 3.63) is 16.1 Å². The fourth-order valence-corrected chi connectivity index (χ4v) is 1.66. The molecule has 0 spiro atoms. The Labute approximate surface area is 91.5 Å². The fourth-order valence-electron chi connectivity index (χ4n) is 0.937. The van der Waals surface area contributed by atoms with Crippen LogP contribution in [0.3, 0.4) is 0 Å². The van der Waals surface area contributed by atoms with E-state index in [2.05, 4.69) is 10.3 Å². The van der Waals surface area contributed by atoms with Crippen LogP contribution in [-0.2, 0) is 4.74 Å². The van der Waals surface area contributed by atoms with Gasteiger partial charge in [-0.05, 0) is 14.0 Å². The first kappa shape index (κ1) is 11.8. The van der Waals surface area contributed by atoms with Gasteiger partial charge in [0.1, 0.15) is 0 Å². The molecule has 0 bridgehead atoms. The van der Waals surface area contributed by atoms with Gasteiger partial charge in [-0.15, -0.1) is 11.3 Å². The maximum atomic E-state index is 11.4. The van der Waals surface area contributed by atoms with Crippen LogP contribution < -0.4 is 5.32 Å². The number of carbonyl (C=O) groups is 2. The van der Waals surface area contributed by atoms with Gasteiger partial charge >= 0.3 is 5.97 Å². The van der Waals surface area contributed by atoms with Crippen molar-refractivity contribution >= 4 is 23.1 Å². The van der Waals surface area contributed by atoms with Crippen LogP contribution in [0, 0.1) is 0 Å². The molecule has 0 aliphatic carbocycles. The van der Waals surface area contributed by atoms with Gasteiger partial charge in [0.05, 0.1) is 13.2 Å². The van der Waals surface area contributed by atoms with E-state index < -0.39 is 5.97 Å². The fraction of sp³-hybridized carbons (Fsp3) is 0.444. The van der Waals surface area contributed by atoms with Crippen LogP contribution in [0.25, 0.3) is 0 Å². The van der Waals surface area contributed by atoms with E-state index >= 15 is 0 Å². The number of thiazole rings is 1. The molecule has 0 saturated carbocycles. The lowest BCUT2D eigenvalue weighted by molar-refractivity contribution is 0.0520. The molecule has 0 unspecified atom stereocenters. The maximum absolute atomic E-state index is 11.4. The summed E-state index contributed by atoms with van der Waals surface area (Å²) in [5.74, 6) is -0.615. The van der Waals surface area contributed by atoms with Crippen molar-refractivity contribution in [2.24, 2.45) is 0 Å². The van der Waals surface area contributed by atoms with Crippen LogP contribution in [0.4, 0.5) is 0 Å². The van der Waals surface area contributed by atoms with E-state index in [1.807, 2.05) is 0 Å². The number of nitrogens with one attached hydrogen (secondary N) is 1. The van der Waals surface area contributed by atoms with E-state index in [9.17, 15) is 9.59 Å². The Balaban J connectivity index is 2.71. The molecule has 0 aromatic carbocycles. The minimum Gasteiger partial charge on any atom is -0.461 e. The van der Waals surface area contributed by atoms with Gasteiger partial charge in [-0.3, -0.25) is 4.79 Å². The zero-order valence-electron chi connectivity index (χ0n) is 8.57. The third-order valence-corrected chi connectivity index (χ3v) is 2.45. The van der Waals surface area contributed by atoms with E-state index in [1.165, 1.54) is 5.38 Å². The van der Waals surface area contributed by atoms with Gasteiger partial charge in [0.25, 0.3) is 0 Å². The van der Waals surface area contributed by atoms with Gasteiger partial charge in [-0.1, -0.05) is 0 Å². The molecule has 1 aromatic rings. The highest BCUT2D eigenvalue weighted by atomic mass is 32.1. The lowest BCUT2D eigenvalue weighted by Gasteiger charge is -1.96. The van der Waals surface area contributed by atoms with Gasteiger partial charge < -0.3 is 10.1 Å². The molecule has 6 heteroatoms. The molecule has 1 rings (SSSR count). The van der Waals surface area contributed by atoms with E-state index in [0.29, 0.717) is 11.6 Å². The van der Waals surface area contributed by atoms with Crippen LogP contribution >= 0.6 is 11.3 Å². The first-order valence-corrected chi connectivity index (χ1v) is 5.37. The standard InChI is InChI=1S/C9H12N2O3S/c1-3-14-9(13)6-5-15-8(11-6)7(12)4-10-2/h5,10H,3-4H2,1-2H3. The van der Waals surface area contributed by atoms with E-state index in [1.54, 1.807) is 14.0 Å². The molecule has 15 heavy (non-hydrogen) atoms. The Morgan fingerprint density at radius 2 is 2.33 bits per heavy atom. The second-order valence-corrected chi connectivity index (χ2v) is 3.57. The molecule has 1 heterocycles. The molecular formula is C9H12N2O3S. The molecule has 0 aliphatic heterocycles. The summed E-state index contributed by atoms with van der Waals surface area (Å²) in [6.07, 6.45) is 0. The Hall–Kier alpha value is -1.27. The van der Waals surface area contributed by atoms with Crippen LogP contribution in [0.5, 0.6) is 0 Å². The van der Waals surface area contributed by atoms with Gasteiger partial charge in [0.15, 0.2) is 10.7 Å². The molecule has 0 radical (unpaired) electrons. The summed E-state index contributed by atoms with van der Waals surface area (Å²) < 4.78 is 4.76. The topological polar surface area (TPSA) is 68.3 Å². The lowest BCUT2D eigenvalue weighted by Crippen LogP contribution is -2.18. The van der Waals surface area contributed by atoms with E-state index in [0.717, 1.165) is 11.3 Å². The molecular weight excluding hydrogens is 216 g/mol. The largest absolute Gasteiger partial charge is 0.461 e. The number of Topliss-reactive ketones (excluding diaryl/α,β-unsaturated/α-hetero) is 1. The number of ether oxygens (including phenoxy) is 1. The number of likely N-dealkylation sites (N-methyl/N-ethyl adjacent to an activating group) is 1. The summed E-state index contributed by atoms with van der Waals surface area (Å²) in [5, 5.41) is 4.59. The van der Waals surface area contributed by atoms with Crippen molar-refractivity contribution in [1.82, 2.24) is 10.3 Å². The third-order valence-electron chi connectivity index (χ3n) is 1.56.